The monoisotopic (exact) mass is 1700 g/mol. The SMILES string of the molecule is C.C[C-]=C(C)c1[c-]cccc1.C[C-]=C(C)c1[c-]cccc1.[Y].[Y].[Y].[Y].[Y].[Y].[Y].[Y].[Y].[Y].[Y].[Y].[Y].[Y].[Y].[Y]. The van der Waals surface area contributed by atoms with Gasteiger partial charge in [-0.25, -0.2) is 24.3 Å². The Hall–Kier alpha value is 15.6. The van der Waals surface area contributed by atoms with Crippen molar-refractivity contribution < 1.29 is 523 Å². The van der Waals surface area contributed by atoms with Gasteiger partial charge in [-0.1, -0.05) is 7.43 Å². The molecular formula is C21H24Y16-4. The average molecular weight is 1700 g/mol. The van der Waals surface area contributed by atoms with Crippen molar-refractivity contribution >= 4 is 11.1 Å². The second-order valence-corrected chi connectivity index (χ2v) is 4.30. The Morgan fingerprint density at radius 3 is 0.811 bits per heavy atom. The summed E-state index contributed by atoms with van der Waals surface area (Å²) in [7, 11) is 0. The average Bonchev–Trinajstić information content (AvgIpc) is 2.55. The van der Waals surface area contributed by atoms with E-state index < -0.39 is 0 Å². The Morgan fingerprint density at radius 1 is 0.459 bits per heavy atom. The Labute approximate surface area is 633 Å². The quantitative estimate of drug-likeness (QED) is 0.323. The molecule has 0 fully saturated rings. The largest absolute Gasteiger partial charge is 0.327 e. The smallest absolute Gasteiger partial charge is 0 e. The van der Waals surface area contributed by atoms with Crippen LogP contribution in [0.4, 0.5) is 0 Å². The second kappa shape index (κ2) is 84.2. The Kier molecular flexibility index (Phi) is 252. The van der Waals surface area contributed by atoms with Gasteiger partial charge in [-0.3, -0.25) is 0 Å². The van der Waals surface area contributed by atoms with Crippen LogP contribution in [0.2, 0.25) is 0 Å². The zero-order valence-electron chi connectivity index (χ0n) is 21.9. The van der Waals surface area contributed by atoms with E-state index in [0.29, 0.717) is 0 Å². The molecule has 0 saturated heterocycles. The summed E-state index contributed by atoms with van der Waals surface area (Å²) in [5.74, 6) is 0. The van der Waals surface area contributed by atoms with Crippen molar-refractivity contribution in [3.05, 3.63) is 83.9 Å². The van der Waals surface area contributed by atoms with Crippen LogP contribution in [0.1, 0.15) is 46.2 Å². The zero-order chi connectivity index (χ0) is 14.8. The van der Waals surface area contributed by atoms with Crippen LogP contribution < -0.4 is 0 Å². The molecule has 0 amide bonds. The first kappa shape index (κ1) is 111. The number of hydrogen-bond acceptors (Lipinski definition) is 0. The molecule has 0 N–H and O–H groups in total. The molecule has 2 rings (SSSR count). The van der Waals surface area contributed by atoms with Crippen molar-refractivity contribution in [3.8, 4) is 0 Å². The molecule has 0 nitrogen and oxygen atoms in total. The number of rotatable bonds is 2. The molecule has 160 valence electrons. The van der Waals surface area contributed by atoms with Crippen LogP contribution in [-0.4, -0.2) is 0 Å². The normalized spacial score (nSPS) is 6.27. The molecule has 0 aromatic heterocycles. The molecule has 0 aliphatic carbocycles. The van der Waals surface area contributed by atoms with Crippen molar-refractivity contribution in [2.75, 3.05) is 0 Å². The summed E-state index contributed by atoms with van der Waals surface area (Å²) in [5, 5.41) is 0. The molecule has 0 saturated carbocycles. The number of allylic oxidation sites excluding steroid dienone is 4. The summed E-state index contributed by atoms with van der Waals surface area (Å²) in [6.07, 6.45) is 6.13. The maximum atomic E-state index is 3.12. The summed E-state index contributed by atoms with van der Waals surface area (Å²) in [6, 6.07) is 22.1. The third-order valence-corrected chi connectivity index (χ3v) is 2.98. The minimum absolute atomic E-state index is 0. The third-order valence-electron chi connectivity index (χ3n) is 2.98. The third kappa shape index (κ3) is 66.8. The topological polar surface area (TPSA) is 0 Å². The molecular weight excluding hydrogens is 1670 g/mol. The minimum atomic E-state index is 0. The summed E-state index contributed by atoms with van der Waals surface area (Å²) < 4.78 is 0. The molecule has 2 aromatic carbocycles. The first-order valence-electron chi connectivity index (χ1n) is 6.65. The van der Waals surface area contributed by atoms with Gasteiger partial charge in [0, 0.05) is 523 Å². The molecule has 16 radical (unpaired) electrons. The molecule has 0 atom stereocenters. The number of hydrogen-bond donors (Lipinski definition) is 0. The fourth-order valence-corrected chi connectivity index (χ4v) is 1.52. The predicted octanol–water partition coefficient (Wildman–Crippen LogP) is 6.02. The summed E-state index contributed by atoms with van der Waals surface area (Å²) in [6.45, 7) is 7.89. The standard InChI is InChI=1S/2C10H10.CH4.16Y/c2*1-3-9(2)10-7-5-4-6-8-10;;;;;;;;;;;;;;;;;/h2*4-7H,1-2H3;1H4;;;;;;;;;;;;;;;;/q2*-2;;;;;;;;;;;;;;;;;. The predicted molar refractivity (Wildman–Crippen MR) is 93.3 cm³/mol. The van der Waals surface area contributed by atoms with E-state index >= 15 is 0 Å². The first-order valence-corrected chi connectivity index (χ1v) is 6.65. The van der Waals surface area contributed by atoms with E-state index in [0.717, 1.165) is 22.3 Å². The van der Waals surface area contributed by atoms with Crippen LogP contribution >= 0.6 is 0 Å². The molecule has 37 heavy (non-hydrogen) atoms. The van der Waals surface area contributed by atoms with E-state index in [2.05, 4.69) is 24.3 Å². The van der Waals surface area contributed by atoms with Gasteiger partial charge in [0.2, 0.25) is 0 Å². The van der Waals surface area contributed by atoms with E-state index in [1.165, 1.54) is 0 Å². The fourth-order valence-electron chi connectivity index (χ4n) is 1.52. The zero-order valence-corrected chi connectivity index (χ0v) is 67.3. The Bertz CT molecular complexity index is 528. The molecule has 0 aliphatic heterocycles. The van der Waals surface area contributed by atoms with E-state index in [1.807, 2.05) is 76.2 Å². The van der Waals surface area contributed by atoms with Crippen LogP contribution in [0, 0.1) is 24.3 Å². The number of benzene rings is 2. The van der Waals surface area contributed by atoms with E-state index in [9.17, 15) is 0 Å². The molecule has 0 spiro atoms. The van der Waals surface area contributed by atoms with Gasteiger partial charge in [0.1, 0.15) is 0 Å². The van der Waals surface area contributed by atoms with Gasteiger partial charge in [0.15, 0.2) is 0 Å². The van der Waals surface area contributed by atoms with Gasteiger partial charge in [0.05, 0.1) is 0 Å². The van der Waals surface area contributed by atoms with E-state index in [4.69, 9.17) is 0 Å². The van der Waals surface area contributed by atoms with E-state index in [1.54, 1.807) is 0 Å². The molecule has 0 bridgehead atoms. The van der Waals surface area contributed by atoms with Gasteiger partial charge >= 0.3 is 0 Å². The van der Waals surface area contributed by atoms with Gasteiger partial charge in [-0.05, 0) is 0 Å². The second-order valence-electron chi connectivity index (χ2n) is 4.30. The van der Waals surface area contributed by atoms with Gasteiger partial charge in [0.25, 0.3) is 0 Å². The van der Waals surface area contributed by atoms with Crippen LogP contribution in [0.3, 0.4) is 0 Å². The molecule has 2 aromatic rings. The van der Waals surface area contributed by atoms with Crippen LogP contribution in [0.25, 0.3) is 11.1 Å². The van der Waals surface area contributed by atoms with Crippen molar-refractivity contribution in [1.82, 2.24) is 0 Å². The van der Waals surface area contributed by atoms with Gasteiger partial charge in [-0.2, -0.15) is 24.3 Å². The molecule has 16 heteroatoms. The summed E-state index contributed by atoms with van der Waals surface area (Å²) in [5.41, 5.74) is 4.57. The van der Waals surface area contributed by atoms with Crippen molar-refractivity contribution in [2.24, 2.45) is 0 Å². The molecule has 0 aliphatic rings. The molecule has 0 unspecified atom stereocenters. The van der Waals surface area contributed by atoms with Crippen molar-refractivity contribution in [1.29, 1.82) is 0 Å². The first-order chi connectivity index (χ1) is 9.69. The van der Waals surface area contributed by atoms with Crippen LogP contribution in [-0.2, 0) is 523 Å². The fraction of sp³-hybridized carbons (Fsp3) is 0.238. The van der Waals surface area contributed by atoms with E-state index in [-0.39, 0.29) is 531 Å². The minimum Gasteiger partial charge on any atom is -0.327 e. The maximum absolute atomic E-state index is 3.12. The van der Waals surface area contributed by atoms with Gasteiger partial charge in [-0.15, -0.1) is 39.8 Å². The summed E-state index contributed by atoms with van der Waals surface area (Å²) >= 11 is 0. The molecule has 0 heterocycles. The Morgan fingerprint density at radius 2 is 0.676 bits per heavy atom. The van der Waals surface area contributed by atoms with Crippen LogP contribution in [0.15, 0.2) is 48.5 Å². The maximum Gasteiger partial charge on any atom is 0 e. The summed E-state index contributed by atoms with van der Waals surface area (Å²) in [4.78, 5) is 0. The van der Waals surface area contributed by atoms with Crippen molar-refractivity contribution in [3.63, 3.8) is 0 Å². The van der Waals surface area contributed by atoms with Crippen molar-refractivity contribution in [2.45, 2.75) is 35.1 Å². The Balaban J connectivity index is -0.00000000988. The van der Waals surface area contributed by atoms with Gasteiger partial charge < -0.3 is 34.4 Å². The van der Waals surface area contributed by atoms with Crippen LogP contribution in [0.5, 0.6) is 0 Å².